The average molecular weight is 105 g/mol. The van der Waals surface area contributed by atoms with Gasteiger partial charge in [0.2, 0.25) is 0 Å². The van der Waals surface area contributed by atoms with Crippen molar-refractivity contribution in [3.8, 4) is 0 Å². The fourth-order valence-corrected chi connectivity index (χ4v) is 0. The third kappa shape index (κ3) is 22.5. The molecule has 0 aromatic heterocycles. The summed E-state index contributed by atoms with van der Waals surface area (Å²) in [6, 6.07) is 0. The maximum atomic E-state index is 4.00. The Labute approximate surface area is 37.3 Å². The molecule has 4 N–H and O–H groups in total. The molecule has 30 valence electrons. The first-order valence-electron chi connectivity index (χ1n) is 0.333. The summed E-state index contributed by atoms with van der Waals surface area (Å²) in [6.45, 7) is 0. The summed E-state index contributed by atoms with van der Waals surface area (Å²) >= 11 is 0. The first-order chi connectivity index (χ1) is 1.00. The van der Waals surface area contributed by atoms with Crippen LogP contribution in [0.3, 0.4) is 0 Å². The van der Waals surface area contributed by atoms with Crippen LogP contribution in [0.1, 0.15) is 0 Å². The predicted octanol–water partition coefficient (Wildman–Crippen LogP) is -0.338. The van der Waals surface area contributed by atoms with E-state index in [0.717, 1.165) is 0 Å². The quantitative estimate of drug-likeness (QED) is 0.327. The molecule has 0 saturated carbocycles. The van der Waals surface area contributed by atoms with Gasteiger partial charge in [-0.15, -0.1) is 24.8 Å². The molecular weight excluding hydrogens is 98.9 g/mol. The maximum Gasteiger partial charge on any atom is -0.147 e. The fraction of sp³-hybridized carbons (Fsp3) is 0. The Morgan fingerprint density at radius 3 is 0.750 bits per heavy atom. The standard InChI is InChI=1S/2ClH.H4N2/c;;1-2/h2*1H;1-2H2. The Balaban J connectivity index is -0.00000000500. The van der Waals surface area contributed by atoms with E-state index in [1.807, 2.05) is 0 Å². The zero-order chi connectivity index (χ0) is 2.00. The van der Waals surface area contributed by atoms with Gasteiger partial charge in [-0.25, -0.2) is 0 Å². The summed E-state index contributed by atoms with van der Waals surface area (Å²) < 4.78 is 0. The summed E-state index contributed by atoms with van der Waals surface area (Å²) in [6.07, 6.45) is 0. The van der Waals surface area contributed by atoms with E-state index in [2.05, 4.69) is 11.7 Å². The molecule has 0 aromatic carbocycles. The van der Waals surface area contributed by atoms with Gasteiger partial charge in [0.05, 0.1) is 0 Å². The van der Waals surface area contributed by atoms with Crippen LogP contribution >= 0.6 is 24.8 Å². The van der Waals surface area contributed by atoms with E-state index < -0.39 is 0 Å². The molecule has 0 aromatic rings. The van der Waals surface area contributed by atoms with Gasteiger partial charge in [0.25, 0.3) is 0 Å². The minimum Gasteiger partial charge on any atom is -0.274 e. The van der Waals surface area contributed by atoms with Crippen molar-refractivity contribution < 1.29 is 0 Å². The molecule has 0 unspecified atom stereocenters. The van der Waals surface area contributed by atoms with Crippen molar-refractivity contribution in [1.29, 1.82) is 0 Å². The molecule has 0 heterocycles. The van der Waals surface area contributed by atoms with E-state index in [0.29, 0.717) is 0 Å². The van der Waals surface area contributed by atoms with Crippen LogP contribution in [0.25, 0.3) is 0 Å². The highest BCUT2D eigenvalue weighted by Crippen LogP contribution is 0.691. The number of nitrogens with two attached hydrogens (primary N) is 2. The van der Waals surface area contributed by atoms with Gasteiger partial charge < -0.3 is 0 Å². The van der Waals surface area contributed by atoms with E-state index in [1.54, 1.807) is 0 Å². The second-order valence-corrected chi connectivity index (χ2v) is 0. The van der Waals surface area contributed by atoms with Crippen LogP contribution in [0.5, 0.6) is 0 Å². The topological polar surface area (TPSA) is 52.0 Å². The van der Waals surface area contributed by atoms with Gasteiger partial charge in [-0.3, -0.25) is 11.7 Å². The zero-order valence-corrected chi connectivity index (χ0v) is 3.60. The van der Waals surface area contributed by atoms with Crippen molar-refractivity contribution in [3.63, 3.8) is 0 Å². The molecule has 0 rings (SSSR count). The monoisotopic (exact) mass is 104 g/mol. The van der Waals surface area contributed by atoms with E-state index in [4.69, 9.17) is 0 Å². The fourth-order valence-electron chi connectivity index (χ4n) is 0. The molecule has 2 nitrogen and oxygen atoms in total. The Morgan fingerprint density at radius 1 is 0.750 bits per heavy atom. The lowest BCUT2D eigenvalue weighted by molar-refractivity contribution is 1.26. The third-order valence-electron chi connectivity index (χ3n) is 0. The molecule has 0 saturated heterocycles. The van der Waals surface area contributed by atoms with Crippen LogP contribution in [-0.4, -0.2) is 0 Å². The predicted molar refractivity (Wildman–Crippen MR) is 22.9 cm³/mol. The van der Waals surface area contributed by atoms with Gasteiger partial charge in [-0.1, -0.05) is 0 Å². The lowest BCUT2D eigenvalue weighted by Crippen LogP contribution is -2.02. The molecule has 0 aliphatic rings. The van der Waals surface area contributed by atoms with Gasteiger partial charge in [0, 0.05) is 0 Å². The Morgan fingerprint density at radius 2 is 0.750 bits per heavy atom. The van der Waals surface area contributed by atoms with E-state index in [-0.39, 0.29) is 24.8 Å². The molecular formula is H6Cl2N2. The van der Waals surface area contributed by atoms with Gasteiger partial charge in [0.15, 0.2) is 0 Å². The van der Waals surface area contributed by atoms with Crippen molar-refractivity contribution >= 4 is 24.8 Å². The van der Waals surface area contributed by atoms with Crippen LogP contribution in [0.15, 0.2) is 0 Å². The molecule has 0 radical (unpaired) electrons. The minimum absolute atomic E-state index is 0. The number of hydrogen-bond donors (Lipinski definition) is 2. The molecule has 0 bridgehead atoms. The summed E-state index contributed by atoms with van der Waals surface area (Å²) in [4.78, 5) is 0. The smallest absolute Gasteiger partial charge is 0.147 e. The van der Waals surface area contributed by atoms with Crippen LogP contribution in [0.4, 0.5) is 0 Å². The number of hydrazine groups is 1. The van der Waals surface area contributed by atoms with E-state index in [1.165, 1.54) is 0 Å². The normalized spacial score (nSPS) is 1.50. The molecule has 0 atom stereocenters. The van der Waals surface area contributed by atoms with Crippen molar-refractivity contribution in [2.75, 3.05) is 0 Å². The molecule has 0 amide bonds. The SMILES string of the molecule is Cl.Cl.NN. The van der Waals surface area contributed by atoms with Crippen molar-refractivity contribution in [1.82, 2.24) is 0 Å². The highest BCUT2D eigenvalue weighted by molar-refractivity contribution is 5.85. The van der Waals surface area contributed by atoms with Crippen LogP contribution in [-0.2, 0) is 0 Å². The maximum absolute atomic E-state index is 4.00. The summed E-state index contributed by atoms with van der Waals surface area (Å²) in [5, 5.41) is 0. The third-order valence-corrected chi connectivity index (χ3v) is 0. The molecule has 0 spiro atoms. The molecule has 4 heavy (non-hydrogen) atoms. The number of halogens is 2. The average Bonchev–Trinajstić information content (AvgIpc) is 1.00. The van der Waals surface area contributed by atoms with Gasteiger partial charge in [-0.2, -0.15) is 0 Å². The minimum atomic E-state index is 0. The van der Waals surface area contributed by atoms with Crippen molar-refractivity contribution in [2.24, 2.45) is 11.7 Å². The number of hydrogen-bond acceptors (Lipinski definition) is 2. The lowest BCUT2D eigenvalue weighted by atomic mass is 13.0. The first-order valence-corrected chi connectivity index (χ1v) is 0.333. The molecule has 0 aliphatic carbocycles. The molecule has 0 aliphatic heterocycles. The molecule has 4 heteroatoms. The molecule has 0 fully saturated rings. The van der Waals surface area contributed by atoms with Gasteiger partial charge in [0.1, 0.15) is 0 Å². The summed E-state index contributed by atoms with van der Waals surface area (Å²) in [5.41, 5.74) is 0. The highest BCUT2D eigenvalue weighted by Gasteiger charge is 0.726. The van der Waals surface area contributed by atoms with E-state index >= 15 is 0 Å². The van der Waals surface area contributed by atoms with Crippen molar-refractivity contribution in [2.45, 2.75) is 0 Å². The second kappa shape index (κ2) is 87.5. The summed E-state index contributed by atoms with van der Waals surface area (Å²) in [7, 11) is 0. The van der Waals surface area contributed by atoms with Crippen LogP contribution < -0.4 is 11.7 Å². The Hall–Kier alpha value is 0.500. The van der Waals surface area contributed by atoms with Crippen LogP contribution in [0.2, 0.25) is 0 Å². The largest absolute Gasteiger partial charge is 0.274 e. The van der Waals surface area contributed by atoms with Gasteiger partial charge >= 0.3 is 0 Å². The Kier molecular flexibility index (Phi) is 536. The van der Waals surface area contributed by atoms with Crippen molar-refractivity contribution in [3.05, 3.63) is 0 Å². The van der Waals surface area contributed by atoms with Crippen LogP contribution in [0, 0.1) is 0 Å². The number of rotatable bonds is 0. The second-order valence-electron chi connectivity index (χ2n) is 0. The Bertz CT molecular complexity index is 4.00. The highest BCUT2D eigenvalue weighted by atomic mass is 35.5. The first kappa shape index (κ1) is 24.5. The summed E-state index contributed by atoms with van der Waals surface area (Å²) in [5.74, 6) is 8.00. The van der Waals surface area contributed by atoms with E-state index in [9.17, 15) is 0 Å². The lowest BCUT2D eigenvalue weighted by Gasteiger charge is -1.27. The van der Waals surface area contributed by atoms with Gasteiger partial charge in [-0.05, 0) is 0 Å². The zero-order valence-electron chi connectivity index (χ0n) is 1.97.